The van der Waals surface area contributed by atoms with Gasteiger partial charge in [0.2, 0.25) is 0 Å². The minimum Gasteiger partial charge on any atom is -0.309 e. The third kappa shape index (κ3) is 6.70. The number of nitrogens with zero attached hydrogens (tertiary/aromatic N) is 1. The SMILES string of the molecule is c1ccc(-c2ccc(-c3ccc4c(c3)c3cc(-c5ccc(-c6ccccc6)cc5)ccc3n4-c3ccc4c(c3)C(c3ccccc3)(c3ccccc3)c3cc(-c5cccc6ccccc56)ccc3-4)cc2)cc1. The molecule has 1 heterocycles. The van der Waals surface area contributed by atoms with Gasteiger partial charge in [-0.05, 0) is 142 Å². The molecule has 12 aromatic carbocycles. The van der Waals surface area contributed by atoms with Crippen LogP contribution in [0.2, 0.25) is 0 Å². The summed E-state index contributed by atoms with van der Waals surface area (Å²) in [5.74, 6) is 0. The van der Waals surface area contributed by atoms with E-state index < -0.39 is 5.41 Å². The first-order valence-corrected chi connectivity index (χ1v) is 25.0. The Kier molecular flexibility index (Phi) is 9.82. The van der Waals surface area contributed by atoms with Gasteiger partial charge in [-0.2, -0.15) is 0 Å². The van der Waals surface area contributed by atoms with Crippen molar-refractivity contribution < 1.29 is 0 Å². The molecule has 1 nitrogen and oxygen atoms in total. The molecule has 1 aliphatic carbocycles. The Balaban J connectivity index is 0.978. The fourth-order valence-corrected chi connectivity index (χ4v) is 11.9. The molecule has 0 bridgehead atoms. The van der Waals surface area contributed by atoms with Crippen molar-refractivity contribution in [1.29, 1.82) is 0 Å². The second-order valence-electron chi connectivity index (χ2n) is 19.2. The van der Waals surface area contributed by atoms with Gasteiger partial charge >= 0.3 is 0 Å². The smallest absolute Gasteiger partial charge is 0.0714 e. The summed E-state index contributed by atoms with van der Waals surface area (Å²) in [7, 11) is 0. The van der Waals surface area contributed by atoms with Crippen molar-refractivity contribution in [3.63, 3.8) is 0 Å². The van der Waals surface area contributed by atoms with Gasteiger partial charge in [-0.25, -0.2) is 0 Å². The van der Waals surface area contributed by atoms with Gasteiger partial charge in [-0.15, -0.1) is 0 Å². The summed E-state index contributed by atoms with van der Waals surface area (Å²) in [6, 6.07) is 106. The van der Waals surface area contributed by atoms with Crippen molar-refractivity contribution in [1.82, 2.24) is 4.57 Å². The number of benzene rings is 12. The lowest BCUT2D eigenvalue weighted by atomic mass is 9.67. The van der Waals surface area contributed by atoms with Crippen LogP contribution in [0.5, 0.6) is 0 Å². The highest BCUT2D eigenvalue weighted by atomic mass is 15.0. The Hall–Kier alpha value is -9.30. The molecule has 1 heteroatoms. The molecule has 0 atom stereocenters. The van der Waals surface area contributed by atoms with Gasteiger partial charge in [0.25, 0.3) is 0 Å². The molecule has 0 aliphatic heterocycles. The van der Waals surface area contributed by atoms with E-state index in [1.54, 1.807) is 0 Å². The van der Waals surface area contributed by atoms with E-state index in [0.29, 0.717) is 0 Å². The summed E-state index contributed by atoms with van der Waals surface area (Å²) in [5, 5.41) is 4.94. The van der Waals surface area contributed by atoms with E-state index in [4.69, 9.17) is 0 Å². The largest absolute Gasteiger partial charge is 0.309 e. The van der Waals surface area contributed by atoms with E-state index in [-0.39, 0.29) is 0 Å². The monoisotopic (exact) mass is 913 g/mol. The van der Waals surface area contributed by atoms with Crippen LogP contribution in [-0.2, 0) is 5.41 Å². The van der Waals surface area contributed by atoms with Crippen LogP contribution >= 0.6 is 0 Å². The summed E-state index contributed by atoms with van der Waals surface area (Å²) in [6.07, 6.45) is 0. The van der Waals surface area contributed by atoms with Gasteiger partial charge < -0.3 is 4.57 Å². The van der Waals surface area contributed by atoms with Gasteiger partial charge in [0.05, 0.1) is 16.4 Å². The van der Waals surface area contributed by atoms with E-state index in [9.17, 15) is 0 Å². The molecule has 0 radical (unpaired) electrons. The Labute approximate surface area is 420 Å². The molecule has 0 spiro atoms. The summed E-state index contributed by atoms with van der Waals surface area (Å²) in [6.45, 7) is 0. The molecule has 0 amide bonds. The predicted molar refractivity (Wildman–Crippen MR) is 303 cm³/mol. The van der Waals surface area contributed by atoms with Gasteiger partial charge in [0, 0.05) is 16.5 Å². The molecule has 14 rings (SSSR count). The normalized spacial score (nSPS) is 12.6. The zero-order valence-electron chi connectivity index (χ0n) is 39.6. The second kappa shape index (κ2) is 17.0. The summed E-state index contributed by atoms with van der Waals surface area (Å²) in [5.41, 5.74) is 22.6. The molecule has 0 fully saturated rings. The van der Waals surface area contributed by atoms with Crippen LogP contribution in [0.25, 0.3) is 105 Å². The van der Waals surface area contributed by atoms with E-state index in [1.807, 2.05) is 0 Å². The predicted octanol–water partition coefficient (Wildman–Crippen LogP) is 18.6. The first-order chi connectivity index (χ1) is 35.7. The van der Waals surface area contributed by atoms with Crippen molar-refractivity contribution in [2.24, 2.45) is 0 Å². The van der Waals surface area contributed by atoms with Crippen LogP contribution in [-0.4, -0.2) is 4.57 Å². The van der Waals surface area contributed by atoms with E-state index in [1.165, 1.54) is 122 Å². The van der Waals surface area contributed by atoms with Crippen LogP contribution in [0.4, 0.5) is 0 Å². The topological polar surface area (TPSA) is 4.93 Å². The number of aromatic nitrogens is 1. The first kappa shape index (κ1) is 41.7. The van der Waals surface area contributed by atoms with Crippen molar-refractivity contribution in [2.75, 3.05) is 0 Å². The Bertz CT molecular complexity index is 3970. The minimum atomic E-state index is -0.597. The standard InChI is InChI=1S/C71H47N/c1-5-16-48(17-6-1)50-28-32-52(33-29-50)55-37-42-69-65(44-55)66-45-56(53-34-30-51(31-35-53)49-18-7-2-8-19-49)38-43-70(66)72(69)60-39-41-64-63-40-36-57(62-27-15-21-54-20-13-14-26-61(54)62)46-67(63)71(68(64)47-60,58-22-9-3-10-23-58)59-24-11-4-12-25-59/h1-47H. The molecule has 0 saturated heterocycles. The van der Waals surface area contributed by atoms with E-state index >= 15 is 0 Å². The highest BCUT2D eigenvalue weighted by Crippen LogP contribution is 2.57. The quantitative estimate of drug-likeness (QED) is 0.143. The average molecular weight is 914 g/mol. The number of hydrogen-bond donors (Lipinski definition) is 0. The lowest BCUT2D eigenvalue weighted by Gasteiger charge is -2.34. The van der Waals surface area contributed by atoms with Crippen molar-refractivity contribution >= 4 is 32.6 Å². The van der Waals surface area contributed by atoms with E-state index in [0.717, 1.165) is 5.69 Å². The van der Waals surface area contributed by atoms with Gasteiger partial charge in [-0.1, -0.05) is 243 Å². The minimum absolute atomic E-state index is 0.597. The zero-order valence-corrected chi connectivity index (χ0v) is 39.6. The second-order valence-corrected chi connectivity index (χ2v) is 19.2. The Morgan fingerprint density at radius 1 is 0.236 bits per heavy atom. The molecule has 1 aliphatic rings. The highest BCUT2D eigenvalue weighted by molar-refractivity contribution is 6.12. The zero-order chi connectivity index (χ0) is 47.6. The van der Waals surface area contributed by atoms with Crippen LogP contribution in [0.3, 0.4) is 0 Å². The third-order valence-electron chi connectivity index (χ3n) is 15.3. The molecular formula is C71H47N. The molecule has 13 aromatic rings. The van der Waals surface area contributed by atoms with Crippen LogP contribution in [0, 0.1) is 0 Å². The van der Waals surface area contributed by atoms with Crippen LogP contribution in [0.15, 0.2) is 285 Å². The van der Waals surface area contributed by atoms with Crippen molar-refractivity contribution in [3.05, 3.63) is 307 Å². The van der Waals surface area contributed by atoms with Crippen LogP contribution < -0.4 is 0 Å². The Morgan fingerprint density at radius 3 is 1.18 bits per heavy atom. The molecule has 0 unspecified atom stereocenters. The lowest BCUT2D eigenvalue weighted by Crippen LogP contribution is -2.28. The maximum absolute atomic E-state index is 2.50. The van der Waals surface area contributed by atoms with Gasteiger partial charge in [0.15, 0.2) is 0 Å². The summed E-state index contributed by atoms with van der Waals surface area (Å²) < 4.78 is 2.50. The maximum atomic E-state index is 2.50. The third-order valence-corrected chi connectivity index (χ3v) is 15.3. The molecule has 72 heavy (non-hydrogen) atoms. The fraction of sp³-hybridized carbons (Fsp3) is 0.0141. The molecule has 0 saturated carbocycles. The molecular weight excluding hydrogens is 867 g/mol. The van der Waals surface area contributed by atoms with Crippen molar-refractivity contribution in [3.8, 4) is 72.4 Å². The van der Waals surface area contributed by atoms with Gasteiger partial charge in [-0.3, -0.25) is 0 Å². The molecule has 336 valence electrons. The first-order valence-electron chi connectivity index (χ1n) is 25.0. The Morgan fingerprint density at radius 2 is 0.639 bits per heavy atom. The number of rotatable bonds is 8. The van der Waals surface area contributed by atoms with Crippen LogP contribution in [0.1, 0.15) is 22.3 Å². The lowest BCUT2D eigenvalue weighted by molar-refractivity contribution is 0.768. The number of fused-ring (bicyclic) bond motifs is 7. The summed E-state index contributed by atoms with van der Waals surface area (Å²) >= 11 is 0. The van der Waals surface area contributed by atoms with E-state index in [2.05, 4.69) is 290 Å². The van der Waals surface area contributed by atoms with Crippen molar-refractivity contribution in [2.45, 2.75) is 5.41 Å². The maximum Gasteiger partial charge on any atom is 0.0714 e. The molecule has 0 N–H and O–H groups in total. The summed E-state index contributed by atoms with van der Waals surface area (Å²) in [4.78, 5) is 0. The highest BCUT2D eigenvalue weighted by Gasteiger charge is 2.46. The number of hydrogen-bond acceptors (Lipinski definition) is 0. The average Bonchev–Trinajstić information content (AvgIpc) is 3.95. The fourth-order valence-electron chi connectivity index (χ4n) is 11.9. The van der Waals surface area contributed by atoms with Gasteiger partial charge in [0.1, 0.15) is 0 Å². The molecule has 1 aromatic heterocycles.